The highest BCUT2D eigenvalue weighted by atomic mass is 15.0. The van der Waals surface area contributed by atoms with Crippen molar-refractivity contribution in [3.05, 3.63) is 224 Å². The van der Waals surface area contributed by atoms with Crippen molar-refractivity contribution < 1.29 is 0 Å². The van der Waals surface area contributed by atoms with E-state index in [0.717, 1.165) is 88.8 Å². The van der Waals surface area contributed by atoms with E-state index in [9.17, 15) is 0 Å². The van der Waals surface area contributed by atoms with Crippen LogP contribution in [-0.4, -0.2) is 24.9 Å². The van der Waals surface area contributed by atoms with Crippen LogP contribution in [0.25, 0.3) is 112 Å². The number of benzene rings is 8. The van der Waals surface area contributed by atoms with E-state index in [1.165, 1.54) is 5.56 Å². The van der Waals surface area contributed by atoms with Crippen LogP contribution in [-0.2, 0) is 0 Å². The highest BCUT2D eigenvalue weighted by molar-refractivity contribution is 6.09. The zero-order chi connectivity index (χ0) is 41.2. The SMILES string of the molecule is c1ccc(-c2ccc(-c3nc(-c4ccccc4)nc(-c4ccc(-c5cccc(-c6ccc7ccc8c(-c9ccccc9)cc(-c9ccccc9)nc8c7n6)c5)cc4)n3)cc2)cc1. The molecule has 0 fully saturated rings. The molecular formula is C57H37N5. The molecule has 290 valence electrons. The molecule has 11 rings (SSSR count). The van der Waals surface area contributed by atoms with Crippen LogP contribution in [0.4, 0.5) is 0 Å². The van der Waals surface area contributed by atoms with Gasteiger partial charge in [0.25, 0.3) is 0 Å². The van der Waals surface area contributed by atoms with Crippen molar-refractivity contribution in [3.63, 3.8) is 0 Å². The predicted octanol–water partition coefficient (Wildman–Crippen LogP) is 14.3. The van der Waals surface area contributed by atoms with Crippen molar-refractivity contribution in [2.45, 2.75) is 0 Å². The number of nitrogens with zero attached hydrogens (tertiary/aromatic N) is 5. The van der Waals surface area contributed by atoms with Crippen molar-refractivity contribution in [2.75, 3.05) is 0 Å². The molecule has 0 saturated heterocycles. The van der Waals surface area contributed by atoms with Crippen molar-refractivity contribution in [3.8, 4) is 90.1 Å². The molecule has 0 aliphatic heterocycles. The Balaban J connectivity index is 0.946. The van der Waals surface area contributed by atoms with E-state index in [0.29, 0.717) is 17.5 Å². The first kappa shape index (κ1) is 36.7. The van der Waals surface area contributed by atoms with Crippen LogP contribution in [0.3, 0.4) is 0 Å². The van der Waals surface area contributed by atoms with Gasteiger partial charge in [-0.3, -0.25) is 0 Å². The van der Waals surface area contributed by atoms with Crippen LogP contribution >= 0.6 is 0 Å². The second-order valence-electron chi connectivity index (χ2n) is 15.3. The average molecular weight is 792 g/mol. The van der Waals surface area contributed by atoms with Crippen LogP contribution in [0.15, 0.2) is 224 Å². The third-order valence-corrected chi connectivity index (χ3v) is 11.3. The monoisotopic (exact) mass is 791 g/mol. The zero-order valence-corrected chi connectivity index (χ0v) is 33.6. The quantitative estimate of drug-likeness (QED) is 0.143. The Morgan fingerprint density at radius 2 is 0.645 bits per heavy atom. The van der Waals surface area contributed by atoms with Gasteiger partial charge in [-0.05, 0) is 51.6 Å². The molecule has 0 bridgehead atoms. The molecule has 62 heavy (non-hydrogen) atoms. The Kier molecular flexibility index (Phi) is 9.45. The predicted molar refractivity (Wildman–Crippen MR) is 254 cm³/mol. The summed E-state index contributed by atoms with van der Waals surface area (Å²) in [6.45, 7) is 0. The Labute approximate surface area is 359 Å². The lowest BCUT2D eigenvalue weighted by Crippen LogP contribution is -2.00. The fraction of sp³-hybridized carbons (Fsp3) is 0. The lowest BCUT2D eigenvalue weighted by Gasteiger charge is -2.13. The first-order valence-electron chi connectivity index (χ1n) is 20.7. The topological polar surface area (TPSA) is 64.5 Å². The van der Waals surface area contributed by atoms with Gasteiger partial charge in [0.2, 0.25) is 0 Å². The van der Waals surface area contributed by atoms with Gasteiger partial charge in [0.1, 0.15) is 0 Å². The minimum atomic E-state index is 0.619. The molecule has 0 aliphatic carbocycles. The minimum Gasteiger partial charge on any atom is -0.245 e. The van der Waals surface area contributed by atoms with Gasteiger partial charge in [0, 0.05) is 38.6 Å². The van der Waals surface area contributed by atoms with Gasteiger partial charge in [-0.25, -0.2) is 24.9 Å². The summed E-state index contributed by atoms with van der Waals surface area (Å²) in [5.41, 5.74) is 15.2. The van der Waals surface area contributed by atoms with Crippen molar-refractivity contribution in [2.24, 2.45) is 0 Å². The Morgan fingerprint density at radius 3 is 1.24 bits per heavy atom. The maximum Gasteiger partial charge on any atom is 0.164 e. The lowest BCUT2D eigenvalue weighted by atomic mass is 9.96. The number of pyridine rings is 2. The number of aromatic nitrogens is 5. The first-order chi connectivity index (χ1) is 30.7. The van der Waals surface area contributed by atoms with Crippen LogP contribution in [0.1, 0.15) is 0 Å². The Hall–Kier alpha value is -8.41. The van der Waals surface area contributed by atoms with Crippen molar-refractivity contribution >= 4 is 21.8 Å². The van der Waals surface area contributed by atoms with Gasteiger partial charge in [-0.15, -0.1) is 0 Å². The Bertz CT molecular complexity index is 3350. The summed E-state index contributed by atoms with van der Waals surface area (Å²) in [7, 11) is 0. The van der Waals surface area contributed by atoms with Crippen molar-refractivity contribution in [1.29, 1.82) is 0 Å². The maximum absolute atomic E-state index is 5.33. The summed E-state index contributed by atoms with van der Waals surface area (Å²) in [5.74, 6) is 1.88. The second kappa shape index (κ2) is 16.0. The largest absolute Gasteiger partial charge is 0.245 e. The average Bonchev–Trinajstić information content (AvgIpc) is 3.37. The molecule has 0 saturated carbocycles. The minimum absolute atomic E-state index is 0.619. The van der Waals surface area contributed by atoms with Gasteiger partial charge in [-0.2, -0.15) is 0 Å². The van der Waals surface area contributed by atoms with E-state index in [1.54, 1.807) is 0 Å². The van der Waals surface area contributed by atoms with Gasteiger partial charge in [-0.1, -0.05) is 206 Å². The molecule has 0 radical (unpaired) electrons. The molecule has 0 amide bonds. The summed E-state index contributed by atoms with van der Waals surface area (Å²) in [5, 5.41) is 2.12. The van der Waals surface area contributed by atoms with Gasteiger partial charge < -0.3 is 0 Å². The number of hydrogen-bond acceptors (Lipinski definition) is 5. The maximum atomic E-state index is 5.33. The van der Waals surface area contributed by atoms with Crippen LogP contribution in [0.2, 0.25) is 0 Å². The molecule has 3 aromatic heterocycles. The molecule has 5 nitrogen and oxygen atoms in total. The third-order valence-electron chi connectivity index (χ3n) is 11.3. The highest BCUT2D eigenvalue weighted by Gasteiger charge is 2.16. The molecule has 0 aliphatic rings. The van der Waals surface area contributed by atoms with E-state index in [4.69, 9.17) is 24.9 Å². The number of fused-ring (bicyclic) bond motifs is 3. The number of rotatable bonds is 8. The van der Waals surface area contributed by atoms with E-state index < -0.39 is 0 Å². The smallest absolute Gasteiger partial charge is 0.164 e. The van der Waals surface area contributed by atoms with E-state index in [1.807, 2.05) is 42.5 Å². The van der Waals surface area contributed by atoms with Crippen LogP contribution < -0.4 is 0 Å². The number of hydrogen-bond donors (Lipinski definition) is 0. The molecular weight excluding hydrogens is 755 g/mol. The molecule has 5 heteroatoms. The zero-order valence-electron chi connectivity index (χ0n) is 33.6. The third kappa shape index (κ3) is 7.18. The Morgan fingerprint density at radius 1 is 0.226 bits per heavy atom. The van der Waals surface area contributed by atoms with E-state index in [2.05, 4.69) is 182 Å². The second-order valence-corrected chi connectivity index (χ2v) is 15.3. The highest BCUT2D eigenvalue weighted by Crippen LogP contribution is 2.37. The van der Waals surface area contributed by atoms with E-state index in [-0.39, 0.29) is 0 Å². The van der Waals surface area contributed by atoms with Gasteiger partial charge in [0.05, 0.1) is 22.4 Å². The van der Waals surface area contributed by atoms with Crippen LogP contribution in [0.5, 0.6) is 0 Å². The summed E-state index contributed by atoms with van der Waals surface area (Å²) in [4.78, 5) is 25.5. The molecule has 0 N–H and O–H groups in total. The normalized spacial score (nSPS) is 11.2. The summed E-state index contributed by atoms with van der Waals surface area (Å²) in [6, 6.07) is 77.6. The lowest BCUT2D eigenvalue weighted by molar-refractivity contribution is 1.07. The molecule has 8 aromatic carbocycles. The molecule has 11 aromatic rings. The fourth-order valence-electron chi connectivity index (χ4n) is 8.11. The summed E-state index contributed by atoms with van der Waals surface area (Å²) < 4.78 is 0. The summed E-state index contributed by atoms with van der Waals surface area (Å²) in [6.07, 6.45) is 0. The molecule has 3 heterocycles. The molecule has 0 unspecified atom stereocenters. The summed E-state index contributed by atoms with van der Waals surface area (Å²) >= 11 is 0. The van der Waals surface area contributed by atoms with Gasteiger partial charge in [0.15, 0.2) is 17.5 Å². The molecule has 0 atom stereocenters. The standard InChI is InChI=1S/C57H37N5/c1-5-14-38(15-6-1)39-24-28-45(29-25-39)56-60-55(44-20-11-4-12-21-44)61-57(62-56)46-30-26-40(27-31-46)47-22-13-23-48(36-47)51-35-33-43-32-34-49-50(41-16-7-2-8-17-41)37-52(42-18-9-3-10-19-42)59-54(49)53(43)58-51/h1-37H. The molecule has 0 spiro atoms. The van der Waals surface area contributed by atoms with Gasteiger partial charge >= 0.3 is 0 Å². The van der Waals surface area contributed by atoms with E-state index >= 15 is 0 Å². The first-order valence-corrected chi connectivity index (χ1v) is 20.7. The fourth-order valence-corrected chi connectivity index (χ4v) is 8.11. The van der Waals surface area contributed by atoms with Crippen molar-refractivity contribution in [1.82, 2.24) is 24.9 Å². The van der Waals surface area contributed by atoms with Crippen LogP contribution in [0, 0.1) is 0 Å².